The third kappa shape index (κ3) is 3.81. The molecule has 0 spiro atoms. The zero-order valence-corrected chi connectivity index (χ0v) is 13.1. The molecule has 0 aliphatic heterocycles. The molecular weight excluding hydrogens is 320 g/mol. The van der Waals surface area contributed by atoms with Crippen LogP contribution in [0.2, 0.25) is 5.02 Å². The third-order valence-corrected chi connectivity index (χ3v) is 3.77. The van der Waals surface area contributed by atoms with Crippen LogP contribution in [0.1, 0.15) is 27.4 Å². The van der Waals surface area contributed by atoms with Crippen molar-refractivity contribution in [3.63, 3.8) is 0 Å². The largest absolute Gasteiger partial charge is 0.496 e. The first-order valence-corrected chi connectivity index (χ1v) is 7.19. The maximum Gasteiger partial charge on any atom is 0.335 e. The molecule has 2 N–H and O–H groups in total. The summed E-state index contributed by atoms with van der Waals surface area (Å²) in [7, 11) is 1.44. The number of halogens is 1. The lowest BCUT2D eigenvalue weighted by Crippen LogP contribution is -2.17. The van der Waals surface area contributed by atoms with Crippen LogP contribution in [0.25, 0.3) is 0 Å². The highest BCUT2D eigenvalue weighted by Crippen LogP contribution is 2.32. The summed E-state index contributed by atoms with van der Waals surface area (Å²) in [4.78, 5) is 23.0. The lowest BCUT2D eigenvalue weighted by atomic mass is 9.89. The number of ether oxygens (including phenoxy) is 1. The van der Waals surface area contributed by atoms with Gasteiger partial charge in [0, 0.05) is 10.6 Å². The number of methoxy groups -OCH3 is 1. The van der Waals surface area contributed by atoms with Gasteiger partial charge in [0.1, 0.15) is 5.75 Å². The average Bonchev–Trinajstić information content (AvgIpc) is 2.52. The molecule has 120 valence electrons. The van der Waals surface area contributed by atoms with E-state index in [2.05, 4.69) is 0 Å². The highest BCUT2D eigenvalue weighted by molar-refractivity contribution is 6.30. The highest BCUT2D eigenvalue weighted by Gasteiger charge is 2.26. The van der Waals surface area contributed by atoms with E-state index in [9.17, 15) is 19.8 Å². The SMILES string of the molecule is COc1ccc(Cl)cc1C(Cc1ccccc1C(=O)O)C(=O)O. The molecule has 1 atom stereocenters. The van der Waals surface area contributed by atoms with E-state index in [1.807, 2.05) is 0 Å². The minimum Gasteiger partial charge on any atom is -0.496 e. The summed E-state index contributed by atoms with van der Waals surface area (Å²) in [6.45, 7) is 0. The number of aliphatic carboxylic acids is 1. The summed E-state index contributed by atoms with van der Waals surface area (Å²) < 4.78 is 5.21. The third-order valence-electron chi connectivity index (χ3n) is 3.54. The van der Waals surface area contributed by atoms with Crippen LogP contribution >= 0.6 is 11.6 Å². The summed E-state index contributed by atoms with van der Waals surface area (Å²) in [5.74, 6) is -2.74. The number of hydrogen-bond donors (Lipinski definition) is 2. The summed E-state index contributed by atoms with van der Waals surface area (Å²) in [6, 6.07) is 11.1. The van der Waals surface area contributed by atoms with E-state index in [1.165, 1.54) is 19.2 Å². The average molecular weight is 335 g/mol. The molecule has 0 bridgehead atoms. The van der Waals surface area contributed by atoms with Gasteiger partial charge in [-0.3, -0.25) is 4.79 Å². The van der Waals surface area contributed by atoms with Crippen LogP contribution in [0.4, 0.5) is 0 Å². The van der Waals surface area contributed by atoms with Crippen molar-refractivity contribution in [3.05, 3.63) is 64.2 Å². The molecule has 0 radical (unpaired) electrons. The zero-order valence-electron chi connectivity index (χ0n) is 12.3. The van der Waals surface area contributed by atoms with Crippen molar-refractivity contribution in [2.75, 3.05) is 7.11 Å². The molecule has 0 saturated carbocycles. The fourth-order valence-electron chi connectivity index (χ4n) is 2.43. The monoisotopic (exact) mass is 334 g/mol. The number of carboxylic acids is 2. The normalized spacial score (nSPS) is 11.7. The molecule has 1 unspecified atom stereocenters. The number of aromatic carboxylic acids is 1. The summed E-state index contributed by atoms with van der Waals surface area (Å²) >= 11 is 5.96. The minimum atomic E-state index is -1.09. The van der Waals surface area contributed by atoms with Gasteiger partial charge in [0.15, 0.2) is 0 Å². The van der Waals surface area contributed by atoms with Crippen LogP contribution in [-0.4, -0.2) is 29.3 Å². The van der Waals surface area contributed by atoms with Gasteiger partial charge in [-0.1, -0.05) is 29.8 Å². The van der Waals surface area contributed by atoms with Gasteiger partial charge in [-0.05, 0) is 36.2 Å². The van der Waals surface area contributed by atoms with Gasteiger partial charge in [-0.25, -0.2) is 4.79 Å². The Hall–Kier alpha value is -2.53. The van der Waals surface area contributed by atoms with Gasteiger partial charge in [0.25, 0.3) is 0 Å². The van der Waals surface area contributed by atoms with Crippen LogP contribution < -0.4 is 4.74 Å². The molecule has 5 nitrogen and oxygen atoms in total. The molecule has 2 rings (SSSR count). The summed E-state index contributed by atoms with van der Waals surface area (Å²) in [6.07, 6.45) is 0.0223. The van der Waals surface area contributed by atoms with Crippen LogP contribution in [0.15, 0.2) is 42.5 Å². The molecule has 0 aliphatic rings. The second kappa shape index (κ2) is 7.15. The van der Waals surface area contributed by atoms with Gasteiger partial charge in [0.2, 0.25) is 0 Å². The quantitative estimate of drug-likeness (QED) is 0.845. The molecule has 23 heavy (non-hydrogen) atoms. The Morgan fingerprint density at radius 2 is 1.87 bits per heavy atom. The van der Waals surface area contributed by atoms with Gasteiger partial charge < -0.3 is 14.9 Å². The standard InChI is InChI=1S/C17H15ClO5/c1-23-15-7-6-11(18)9-13(15)14(17(21)22)8-10-4-2-3-5-12(10)16(19)20/h2-7,9,14H,8H2,1H3,(H,19,20)(H,21,22). The highest BCUT2D eigenvalue weighted by atomic mass is 35.5. The van der Waals surface area contributed by atoms with Crippen LogP contribution in [0.3, 0.4) is 0 Å². The topological polar surface area (TPSA) is 83.8 Å². The molecule has 0 aliphatic carbocycles. The lowest BCUT2D eigenvalue weighted by molar-refractivity contribution is -0.138. The molecule has 0 fully saturated rings. The fraction of sp³-hybridized carbons (Fsp3) is 0.176. The Morgan fingerprint density at radius 3 is 2.48 bits per heavy atom. The molecule has 6 heteroatoms. The number of carbonyl (C=O) groups is 2. The Morgan fingerprint density at radius 1 is 1.17 bits per heavy atom. The van der Waals surface area contributed by atoms with E-state index in [4.69, 9.17) is 16.3 Å². The van der Waals surface area contributed by atoms with Crippen LogP contribution in [-0.2, 0) is 11.2 Å². The zero-order chi connectivity index (χ0) is 17.0. The molecule has 0 saturated heterocycles. The molecule has 2 aromatic rings. The van der Waals surface area contributed by atoms with E-state index >= 15 is 0 Å². The van der Waals surface area contributed by atoms with E-state index in [1.54, 1.807) is 30.3 Å². The van der Waals surface area contributed by atoms with Crippen molar-refractivity contribution in [1.29, 1.82) is 0 Å². The summed E-state index contributed by atoms with van der Waals surface area (Å²) in [5, 5.41) is 19.2. The first-order valence-electron chi connectivity index (χ1n) is 6.81. The van der Waals surface area contributed by atoms with Crippen LogP contribution in [0.5, 0.6) is 5.75 Å². The Balaban J connectivity index is 2.48. The van der Waals surface area contributed by atoms with Crippen LogP contribution in [0, 0.1) is 0 Å². The van der Waals surface area contributed by atoms with E-state index in [0.29, 0.717) is 21.9 Å². The number of hydrogen-bond acceptors (Lipinski definition) is 3. The van der Waals surface area contributed by atoms with Crippen molar-refractivity contribution in [2.24, 2.45) is 0 Å². The van der Waals surface area contributed by atoms with Gasteiger partial charge in [0.05, 0.1) is 18.6 Å². The molecule has 0 aromatic heterocycles. The van der Waals surface area contributed by atoms with Crippen molar-refractivity contribution >= 4 is 23.5 Å². The first-order chi connectivity index (χ1) is 10.9. The molecule has 0 heterocycles. The minimum absolute atomic E-state index is 0.0223. The molecule has 0 amide bonds. The lowest BCUT2D eigenvalue weighted by Gasteiger charge is -2.17. The maximum atomic E-state index is 11.7. The second-order valence-electron chi connectivity index (χ2n) is 4.94. The summed E-state index contributed by atoms with van der Waals surface area (Å²) in [5.41, 5.74) is 0.932. The predicted octanol–water partition coefficient (Wildman–Crippen LogP) is 3.46. The van der Waals surface area contributed by atoms with E-state index < -0.39 is 17.9 Å². The van der Waals surface area contributed by atoms with E-state index in [0.717, 1.165) is 0 Å². The smallest absolute Gasteiger partial charge is 0.335 e. The second-order valence-corrected chi connectivity index (χ2v) is 5.38. The van der Waals surface area contributed by atoms with Crippen molar-refractivity contribution in [1.82, 2.24) is 0 Å². The van der Waals surface area contributed by atoms with E-state index in [-0.39, 0.29) is 12.0 Å². The Kier molecular flexibility index (Phi) is 5.24. The first kappa shape index (κ1) is 16.8. The molecular formula is C17H15ClO5. The molecule has 2 aromatic carbocycles. The number of carboxylic acid groups (broad SMARTS) is 2. The van der Waals surface area contributed by atoms with Gasteiger partial charge in [-0.2, -0.15) is 0 Å². The Labute approximate surface area is 138 Å². The van der Waals surface area contributed by atoms with Crippen molar-refractivity contribution in [3.8, 4) is 5.75 Å². The maximum absolute atomic E-state index is 11.7. The number of rotatable bonds is 6. The van der Waals surface area contributed by atoms with Crippen molar-refractivity contribution in [2.45, 2.75) is 12.3 Å². The Bertz CT molecular complexity index is 742. The van der Waals surface area contributed by atoms with Crippen molar-refractivity contribution < 1.29 is 24.5 Å². The van der Waals surface area contributed by atoms with Gasteiger partial charge in [-0.15, -0.1) is 0 Å². The van der Waals surface area contributed by atoms with Gasteiger partial charge >= 0.3 is 11.9 Å². The predicted molar refractivity (Wildman–Crippen MR) is 85.5 cm³/mol. The number of benzene rings is 2. The fourth-order valence-corrected chi connectivity index (χ4v) is 2.62.